The van der Waals surface area contributed by atoms with E-state index in [1.54, 1.807) is 6.92 Å². The van der Waals surface area contributed by atoms with Crippen molar-refractivity contribution in [2.75, 3.05) is 0 Å². The van der Waals surface area contributed by atoms with Crippen molar-refractivity contribution in [3.8, 4) is 11.8 Å². The monoisotopic (exact) mass is 154 g/mol. The van der Waals surface area contributed by atoms with Gasteiger partial charge in [-0.15, -0.1) is 0 Å². The van der Waals surface area contributed by atoms with E-state index in [0.717, 1.165) is 6.42 Å². The first-order valence-corrected chi connectivity index (χ1v) is 3.74. The molecule has 0 saturated carbocycles. The van der Waals surface area contributed by atoms with Crippen LogP contribution in [0.4, 0.5) is 0 Å². The summed E-state index contributed by atoms with van der Waals surface area (Å²) in [4.78, 5) is 10.4. The molecule has 1 N–H and O–H groups in total. The van der Waals surface area contributed by atoms with Crippen molar-refractivity contribution in [3.63, 3.8) is 0 Å². The van der Waals surface area contributed by atoms with E-state index in [4.69, 9.17) is 0 Å². The molecule has 0 aromatic heterocycles. The maximum atomic E-state index is 10.4. The van der Waals surface area contributed by atoms with E-state index in [2.05, 4.69) is 11.8 Å². The van der Waals surface area contributed by atoms with Crippen LogP contribution in [0.15, 0.2) is 0 Å². The van der Waals surface area contributed by atoms with E-state index in [9.17, 15) is 9.90 Å². The number of Topliss-reactive ketones (excluding diaryl/α,β-unsaturated/α-hetero) is 1. The molecule has 62 valence electrons. The van der Waals surface area contributed by atoms with Crippen molar-refractivity contribution in [1.29, 1.82) is 0 Å². The first-order chi connectivity index (χ1) is 4.98. The van der Waals surface area contributed by atoms with Gasteiger partial charge in [0, 0.05) is 6.92 Å². The number of carbonyl (C=O) groups is 1. The van der Waals surface area contributed by atoms with Crippen LogP contribution in [-0.2, 0) is 4.79 Å². The van der Waals surface area contributed by atoms with Gasteiger partial charge < -0.3 is 5.11 Å². The van der Waals surface area contributed by atoms with Crippen LogP contribution in [0.5, 0.6) is 0 Å². The van der Waals surface area contributed by atoms with Crippen LogP contribution in [-0.4, -0.2) is 16.5 Å². The molecule has 2 nitrogen and oxygen atoms in total. The predicted octanol–water partition coefficient (Wildman–Crippen LogP) is 1.13. The van der Waals surface area contributed by atoms with Crippen molar-refractivity contribution < 1.29 is 9.90 Å². The molecule has 0 aromatic rings. The predicted molar refractivity (Wildman–Crippen MR) is 44.0 cm³/mol. The zero-order valence-corrected chi connectivity index (χ0v) is 7.27. The molecule has 0 heterocycles. The lowest BCUT2D eigenvalue weighted by molar-refractivity contribution is -0.111. The van der Waals surface area contributed by atoms with Gasteiger partial charge in [-0.2, -0.15) is 0 Å². The average Bonchev–Trinajstić information content (AvgIpc) is 1.84. The third-order valence-electron chi connectivity index (χ3n) is 1.24. The number of hydrogen-bond donors (Lipinski definition) is 1. The maximum Gasteiger partial charge on any atom is 0.202 e. The summed E-state index contributed by atoms with van der Waals surface area (Å²) in [5, 5.41) is 9.44. The molecule has 0 aliphatic rings. The van der Waals surface area contributed by atoms with E-state index in [1.807, 2.05) is 6.92 Å². The van der Waals surface area contributed by atoms with Gasteiger partial charge in [0.1, 0.15) is 5.60 Å². The first-order valence-electron chi connectivity index (χ1n) is 3.74. The molecule has 0 aliphatic heterocycles. The van der Waals surface area contributed by atoms with Gasteiger partial charge in [0.25, 0.3) is 0 Å². The van der Waals surface area contributed by atoms with Crippen molar-refractivity contribution in [1.82, 2.24) is 0 Å². The van der Waals surface area contributed by atoms with Gasteiger partial charge in [0.2, 0.25) is 5.78 Å². The minimum absolute atomic E-state index is 0.207. The van der Waals surface area contributed by atoms with Gasteiger partial charge in [-0.3, -0.25) is 4.79 Å². The van der Waals surface area contributed by atoms with E-state index < -0.39 is 5.60 Å². The van der Waals surface area contributed by atoms with Crippen molar-refractivity contribution in [3.05, 3.63) is 0 Å². The highest BCUT2D eigenvalue weighted by Crippen LogP contribution is 2.09. The standard InChI is InChI=1S/C9H14O2/c1-4-6-9(3,11)7-5-8(2)10/h11H,4,6H2,1-3H3. The molecule has 11 heavy (non-hydrogen) atoms. The molecule has 1 atom stereocenters. The van der Waals surface area contributed by atoms with Gasteiger partial charge >= 0.3 is 0 Å². The molecule has 0 fully saturated rings. The van der Waals surface area contributed by atoms with E-state index in [0.29, 0.717) is 6.42 Å². The normalized spacial score (nSPS) is 14.5. The Morgan fingerprint density at radius 2 is 2.18 bits per heavy atom. The van der Waals surface area contributed by atoms with Crippen LogP contribution >= 0.6 is 0 Å². The number of ketones is 1. The second-order valence-electron chi connectivity index (χ2n) is 2.83. The maximum absolute atomic E-state index is 10.4. The SMILES string of the molecule is CCCC(C)(O)C#CC(C)=O. The van der Waals surface area contributed by atoms with Crippen LogP contribution < -0.4 is 0 Å². The Labute approximate surface area is 67.6 Å². The minimum Gasteiger partial charge on any atom is -0.378 e. The fourth-order valence-electron chi connectivity index (χ4n) is 0.772. The summed E-state index contributed by atoms with van der Waals surface area (Å²) in [6.45, 7) is 4.96. The molecule has 0 saturated heterocycles. The Hall–Kier alpha value is -0.810. The quantitative estimate of drug-likeness (QED) is 0.478. The number of carbonyl (C=O) groups excluding carboxylic acids is 1. The molecule has 0 spiro atoms. The Morgan fingerprint density at radius 3 is 2.55 bits per heavy atom. The fourth-order valence-corrected chi connectivity index (χ4v) is 0.772. The molecule has 1 unspecified atom stereocenters. The van der Waals surface area contributed by atoms with Crippen molar-refractivity contribution in [2.24, 2.45) is 0 Å². The summed E-state index contributed by atoms with van der Waals surface area (Å²) in [5.74, 6) is 4.64. The first kappa shape index (κ1) is 10.2. The molecule has 0 amide bonds. The van der Waals surface area contributed by atoms with E-state index >= 15 is 0 Å². The molecular weight excluding hydrogens is 140 g/mol. The van der Waals surface area contributed by atoms with E-state index in [-0.39, 0.29) is 5.78 Å². The van der Waals surface area contributed by atoms with Gasteiger partial charge in [-0.25, -0.2) is 0 Å². The lowest BCUT2D eigenvalue weighted by Gasteiger charge is -2.13. The smallest absolute Gasteiger partial charge is 0.202 e. The van der Waals surface area contributed by atoms with E-state index in [1.165, 1.54) is 6.92 Å². The van der Waals surface area contributed by atoms with Gasteiger partial charge in [-0.05, 0) is 19.3 Å². The third-order valence-corrected chi connectivity index (χ3v) is 1.24. The van der Waals surface area contributed by atoms with Gasteiger partial charge in [0.05, 0.1) is 0 Å². The summed E-state index contributed by atoms with van der Waals surface area (Å²) < 4.78 is 0. The average molecular weight is 154 g/mol. The Morgan fingerprint density at radius 1 is 1.64 bits per heavy atom. The fraction of sp³-hybridized carbons (Fsp3) is 0.667. The minimum atomic E-state index is -1.000. The Kier molecular flexibility index (Phi) is 3.84. The van der Waals surface area contributed by atoms with Crippen molar-refractivity contribution >= 4 is 5.78 Å². The summed E-state index contributed by atoms with van der Waals surface area (Å²) in [6.07, 6.45) is 1.47. The summed E-state index contributed by atoms with van der Waals surface area (Å²) in [7, 11) is 0. The van der Waals surface area contributed by atoms with Crippen molar-refractivity contribution in [2.45, 2.75) is 39.2 Å². The number of rotatable bonds is 2. The third kappa shape index (κ3) is 5.63. The molecule has 0 rings (SSSR count). The molecule has 0 radical (unpaired) electrons. The topological polar surface area (TPSA) is 37.3 Å². The van der Waals surface area contributed by atoms with Crippen LogP contribution in [0, 0.1) is 11.8 Å². The molecule has 0 aromatic carbocycles. The second kappa shape index (κ2) is 4.15. The molecular formula is C9H14O2. The number of aliphatic hydroxyl groups is 1. The zero-order valence-electron chi connectivity index (χ0n) is 7.27. The summed E-state index contributed by atoms with van der Waals surface area (Å²) in [6, 6.07) is 0. The van der Waals surface area contributed by atoms with Crippen LogP contribution in [0.3, 0.4) is 0 Å². The molecule has 2 heteroatoms. The highest BCUT2D eigenvalue weighted by atomic mass is 16.3. The number of hydrogen-bond acceptors (Lipinski definition) is 2. The Balaban J connectivity index is 4.13. The Bertz CT molecular complexity index is 193. The highest BCUT2D eigenvalue weighted by Gasteiger charge is 2.14. The van der Waals surface area contributed by atoms with Gasteiger partial charge in [0.15, 0.2) is 0 Å². The van der Waals surface area contributed by atoms with Crippen LogP contribution in [0.1, 0.15) is 33.6 Å². The molecule has 0 bridgehead atoms. The lowest BCUT2D eigenvalue weighted by atomic mass is 10.0. The largest absolute Gasteiger partial charge is 0.378 e. The zero-order chi connectivity index (χ0) is 8.91. The highest BCUT2D eigenvalue weighted by molar-refractivity contribution is 5.93. The van der Waals surface area contributed by atoms with Crippen LogP contribution in [0.2, 0.25) is 0 Å². The van der Waals surface area contributed by atoms with Gasteiger partial charge in [-0.1, -0.05) is 19.3 Å². The summed E-state index contributed by atoms with van der Waals surface area (Å²) >= 11 is 0. The molecule has 0 aliphatic carbocycles. The van der Waals surface area contributed by atoms with Crippen LogP contribution in [0.25, 0.3) is 0 Å². The lowest BCUT2D eigenvalue weighted by Crippen LogP contribution is -2.20. The second-order valence-corrected chi connectivity index (χ2v) is 2.83. The summed E-state index contributed by atoms with van der Waals surface area (Å²) in [5.41, 5.74) is -1.000.